The van der Waals surface area contributed by atoms with E-state index in [2.05, 4.69) is 10.1 Å². The summed E-state index contributed by atoms with van der Waals surface area (Å²) in [6.45, 7) is 1.66. The van der Waals surface area contributed by atoms with Gasteiger partial charge in [-0.1, -0.05) is 11.6 Å². The first-order chi connectivity index (χ1) is 10.7. The molecule has 0 N–H and O–H groups in total. The van der Waals surface area contributed by atoms with E-state index in [0.29, 0.717) is 23.9 Å². The third-order valence-electron chi connectivity index (χ3n) is 3.68. The number of nitrogens with zero attached hydrogens (tertiary/aromatic N) is 4. The lowest BCUT2D eigenvalue weighted by Crippen LogP contribution is -2.43. The molecule has 116 valence electrons. The van der Waals surface area contributed by atoms with Gasteiger partial charge < -0.3 is 9.64 Å². The summed E-state index contributed by atoms with van der Waals surface area (Å²) in [5.74, 6) is 0.738. The van der Waals surface area contributed by atoms with Gasteiger partial charge in [0, 0.05) is 56.8 Å². The number of hydrogen-bond donors (Lipinski definition) is 0. The molecule has 0 saturated carbocycles. The van der Waals surface area contributed by atoms with Crippen LogP contribution in [0, 0.1) is 0 Å². The Morgan fingerprint density at radius 1 is 1.36 bits per heavy atom. The van der Waals surface area contributed by atoms with Crippen molar-refractivity contribution in [1.82, 2.24) is 19.7 Å². The van der Waals surface area contributed by atoms with E-state index in [4.69, 9.17) is 16.3 Å². The minimum Gasteiger partial charge on any atom is -0.489 e. The summed E-state index contributed by atoms with van der Waals surface area (Å²) in [6.07, 6.45) is 8.36. The van der Waals surface area contributed by atoms with Crippen LogP contribution < -0.4 is 4.74 Å². The van der Waals surface area contributed by atoms with Crippen molar-refractivity contribution in [3.8, 4) is 5.75 Å². The lowest BCUT2D eigenvalue weighted by atomic mass is 10.1. The van der Waals surface area contributed by atoms with Crippen molar-refractivity contribution < 1.29 is 9.53 Å². The molecule has 1 fully saturated rings. The van der Waals surface area contributed by atoms with Gasteiger partial charge in [-0.3, -0.25) is 14.5 Å². The van der Waals surface area contributed by atoms with Gasteiger partial charge in [-0.2, -0.15) is 5.10 Å². The van der Waals surface area contributed by atoms with Gasteiger partial charge in [0.05, 0.1) is 0 Å². The zero-order valence-electron chi connectivity index (χ0n) is 12.1. The van der Waals surface area contributed by atoms with Gasteiger partial charge >= 0.3 is 0 Å². The Balaban J connectivity index is 1.50. The molecule has 1 amide bonds. The first kappa shape index (κ1) is 14.8. The Bertz CT molecular complexity index is 624. The van der Waals surface area contributed by atoms with Gasteiger partial charge in [0.15, 0.2) is 0 Å². The maximum Gasteiger partial charge on any atom is 0.244 e. The largest absolute Gasteiger partial charge is 0.489 e. The Labute approximate surface area is 133 Å². The first-order valence-corrected chi connectivity index (χ1v) is 7.61. The molecule has 0 aromatic carbocycles. The second kappa shape index (κ2) is 6.79. The van der Waals surface area contributed by atoms with Crippen LogP contribution in [0.4, 0.5) is 0 Å². The predicted octanol–water partition coefficient (Wildman–Crippen LogP) is 2.00. The summed E-state index contributed by atoms with van der Waals surface area (Å²) in [6, 6.07) is 3.57. The normalized spacial score (nSPS) is 15.8. The quantitative estimate of drug-likeness (QED) is 0.864. The molecule has 3 heterocycles. The number of carbonyl (C=O) groups is 1. The van der Waals surface area contributed by atoms with E-state index in [1.165, 1.54) is 0 Å². The molecule has 1 saturated heterocycles. The van der Waals surface area contributed by atoms with Crippen LogP contribution in [0.3, 0.4) is 0 Å². The highest BCUT2D eigenvalue weighted by Gasteiger charge is 2.24. The number of aromatic nitrogens is 3. The molecular formula is C15H17ClN4O2. The van der Waals surface area contributed by atoms with E-state index in [9.17, 15) is 4.79 Å². The highest BCUT2D eigenvalue weighted by Crippen LogP contribution is 2.25. The topological polar surface area (TPSA) is 60.2 Å². The lowest BCUT2D eigenvalue weighted by molar-refractivity contribution is -0.133. The van der Waals surface area contributed by atoms with Crippen molar-refractivity contribution in [1.29, 1.82) is 0 Å². The van der Waals surface area contributed by atoms with E-state index in [-0.39, 0.29) is 18.6 Å². The molecule has 2 aromatic heterocycles. The van der Waals surface area contributed by atoms with Crippen molar-refractivity contribution in [2.45, 2.75) is 25.5 Å². The summed E-state index contributed by atoms with van der Waals surface area (Å²) >= 11 is 6.04. The summed E-state index contributed by atoms with van der Waals surface area (Å²) in [7, 11) is 0. The zero-order chi connectivity index (χ0) is 15.4. The second-order valence-corrected chi connectivity index (χ2v) is 5.61. The number of piperidine rings is 1. The molecule has 0 bridgehead atoms. The number of pyridine rings is 1. The molecule has 0 aliphatic carbocycles. The van der Waals surface area contributed by atoms with Gasteiger partial charge in [0.2, 0.25) is 5.91 Å². The van der Waals surface area contributed by atoms with Crippen molar-refractivity contribution in [3.63, 3.8) is 0 Å². The van der Waals surface area contributed by atoms with E-state index in [1.807, 2.05) is 11.0 Å². The fourth-order valence-corrected chi connectivity index (χ4v) is 2.66. The number of amides is 1. The number of likely N-dealkylation sites (tertiary alicyclic amines) is 1. The number of rotatable bonds is 4. The average Bonchev–Trinajstić information content (AvgIpc) is 3.03. The summed E-state index contributed by atoms with van der Waals surface area (Å²) < 4.78 is 7.53. The Morgan fingerprint density at radius 3 is 2.86 bits per heavy atom. The highest BCUT2D eigenvalue weighted by atomic mass is 35.5. The van der Waals surface area contributed by atoms with Crippen molar-refractivity contribution in [3.05, 3.63) is 41.9 Å². The summed E-state index contributed by atoms with van der Waals surface area (Å²) in [5, 5.41) is 4.57. The third-order valence-corrected chi connectivity index (χ3v) is 3.96. The minimum absolute atomic E-state index is 0.0775. The maximum atomic E-state index is 12.2. The number of carbonyl (C=O) groups excluding carboxylic acids is 1. The van der Waals surface area contributed by atoms with E-state index in [0.717, 1.165) is 12.8 Å². The Morgan fingerprint density at radius 2 is 2.18 bits per heavy atom. The second-order valence-electron chi connectivity index (χ2n) is 5.21. The lowest BCUT2D eigenvalue weighted by Gasteiger charge is -2.32. The fourth-order valence-electron chi connectivity index (χ4n) is 2.49. The molecular weight excluding hydrogens is 304 g/mol. The molecule has 0 unspecified atom stereocenters. The van der Waals surface area contributed by atoms with E-state index >= 15 is 0 Å². The van der Waals surface area contributed by atoms with Gasteiger partial charge in [0.1, 0.15) is 23.4 Å². The molecule has 0 atom stereocenters. The van der Waals surface area contributed by atoms with Crippen LogP contribution in [-0.2, 0) is 11.3 Å². The summed E-state index contributed by atoms with van der Waals surface area (Å²) in [5.41, 5.74) is 0. The van der Waals surface area contributed by atoms with Gasteiger partial charge in [-0.15, -0.1) is 0 Å². The highest BCUT2D eigenvalue weighted by molar-refractivity contribution is 6.31. The van der Waals surface area contributed by atoms with E-state index in [1.54, 1.807) is 35.5 Å². The van der Waals surface area contributed by atoms with Crippen molar-refractivity contribution in [2.24, 2.45) is 0 Å². The van der Waals surface area contributed by atoms with Crippen LogP contribution in [0.25, 0.3) is 0 Å². The monoisotopic (exact) mass is 320 g/mol. The van der Waals surface area contributed by atoms with Crippen LogP contribution in [0.1, 0.15) is 12.8 Å². The smallest absolute Gasteiger partial charge is 0.244 e. The minimum atomic E-state index is 0.0775. The number of halogens is 1. The standard InChI is InChI=1S/C15H17ClN4O2/c16-13-10-17-6-2-14(13)22-12-3-8-19(9-4-12)15(21)11-20-7-1-5-18-20/h1-2,5-7,10,12H,3-4,8-9,11H2. The molecule has 2 aromatic rings. The average molecular weight is 321 g/mol. The Hall–Kier alpha value is -2.08. The molecule has 3 rings (SSSR count). The molecule has 1 aliphatic rings. The Kier molecular flexibility index (Phi) is 4.58. The molecule has 7 heteroatoms. The fraction of sp³-hybridized carbons (Fsp3) is 0.400. The van der Waals surface area contributed by atoms with E-state index < -0.39 is 0 Å². The van der Waals surface area contributed by atoms with Gasteiger partial charge in [-0.05, 0) is 6.07 Å². The molecule has 1 aliphatic heterocycles. The number of ether oxygens (including phenoxy) is 1. The van der Waals surface area contributed by atoms with Crippen LogP contribution in [-0.4, -0.2) is 44.8 Å². The maximum absolute atomic E-state index is 12.2. The molecule has 6 nitrogen and oxygen atoms in total. The van der Waals surface area contributed by atoms with Gasteiger partial charge in [-0.25, -0.2) is 0 Å². The van der Waals surface area contributed by atoms with Crippen LogP contribution in [0.15, 0.2) is 36.9 Å². The predicted molar refractivity (Wildman–Crippen MR) is 81.7 cm³/mol. The SMILES string of the molecule is O=C(Cn1cccn1)N1CCC(Oc2ccncc2Cl)CC1. The molecule has 0 radical (unpaired) electrons. The molecule has 0 spiro atoms. The summed E-state index contributed by atoms with van der Waals surface area (Å²) in [4.78, 5) is 18.0. The number of hydrogen-bond acceptors (Lipinski definition) is 4. The van der Waals surface area contributed by atoms with Crippen LogP contribution in [0.5, 0.6) is 5.75 Å². The van der Waals surface area contributed by atoms with Crippen molar-refractivity contribution >= 4 is 17.5 Å². The van der Waals surface area contributed by atoms with Crippen LogP contribution >= 0.6 is 11.6 Å². The first-order valence-electron chi connectivity index (χ1n) is 7.24. The van der Waals surface area contributed by atoms with Crippen LogP contribution in [0.2, 0.25) is 5.02 Å². The van der Waals surface area contributed by atoms with Crippen molar-refractivity contribution in [2.75, 3.05) is 13.1 Å². The zero-order valence-corrected chi connectivity index (χ0v) is 12.8. The van der Waals surface area contributed by atoms with Gasteiger partial charge in [0.25, 0.3) is 0 Å². The third kappa shape index (κ3) is 3.57. The molecule has 22 heavy (non-hydrogen) atoms.